The number of nitrogens with one attached hydrogen (secondary N) is 1. The Balaban J connectivity index is 1.66. The Morgan fingerprint density at radius 1 is 1.11 bits per heavy atom. The molecule has 28 heavy (non-hydrogen) atoms. The number of aryl methyl sites for hydroxylation is 1. The maximum absolute atomic E-state index is 13.1. The summed E-state index contributed by atoms with van der Waals surface area (Å²) in [5, 5.41) is 2.63. The minimum absolute atomic E-state index is 0.0452. The lowest BCUT2D eigenvalue weighted by Crippen LogP contribution is -2.22. The Kier molecular flexibility index (Phi) is 6.11. The van der Waals surface area contributed by atoms with Gasteiger partial charge < -0.3 is 15.0 Å². The van der Waals surface area contributed by atoms with Crippen molar-refractivity contribution in [3.05, 3.63) is 53.6 Å². The standard InChI is InChI=1S/C21H23F3N2O2/c1-15-4-7-17(8-5-15)28-13-10-20(27)25-18-14-16(21(22,23)24)6-9-19(18)26-11-2-3-12-26/h4-9,14H,2-3,10-13H2,1H3,(H,25,27). The van der Waals surface area contributed by atoms with Gasteiger partial charge in [0, 0.05) is 13.1 Å². The van der Waals surface area contributed by atoms with Crippen LogP contribution >= 0.6 is 0 Å². The summed E-state index contributed by atoms with van der Waals surface area (Å²) in [5.74, 6) is 0.266. The van der Waals surface area contributed by atoms with E-state index in [1.54, 1.807) is 0 Å². The zero-order valence-electron chi connectivity index (χ0n) is 15.7. The van der Waals surface area contributed by atoms with E-state index in [1.165, 1.54) is 6.07 Å². The summed E-state index contributed by atoms with van der Waals surface area (Å²) in [6, 6.07) is 10.9. The molecule has 1 N–H and O–H groups in total. The summed E-state index contributed by atoms with van der Waals surface area (Å²) in [7, 11) is 0. The average Bonchev–Trinajstić information content (AvgIpc) is 3.17. The van der Waals surface area contributed by atoms with Gasteiger partial charge in [-0.2, -0.15) is 13.2 Å². The van der Waals surface area contributed by atoms with Crippen LogP contribution in [0.1, 0.15) is 30.4 Å². The largest absolute Gasteiger partial charge is 0.493 e. The molecule has 0 unspecified atom stereocenters. The molecule has 1 aliphatic rings. The fraction of sp³-hybridized carbons (Fsp3) is 0.381. The maximum atomic E-state index is 13.1. The lowest BCUT2D eigenvalue weighted by Gasteiger charge is -2.23. The zero-order chi connectivity index (χ0) is 20.1. The van der Waals surface area contributed by atoms with Crippen molar-refractivity contribution in [2.45, 2.75) is 32.4 Å². The first-order valence-electron chi connectivity index (χ1n) is 9.28. The molecule has 0 aliphatic carbocycles. The van der Waals surface area contributed by atoms with Crippen molar-refractivity contribution in [3.8, 4) is 5.75 Å². The minimum atomic E-state index is -4.46. The number of amides is 1. The van der Waals surface area contributed by atoms with E-state index in [2.05, 4.69) is 5.32 Å². The highest BCUT2D eigenvalue weighted by molar-refractivity contribution is 5.94. The van der Waals surface area contributed by atoms with Crippen LogP contribution in [0.25, 0.3) is 0 Å². The minimum Gasteiger partial charge on any atom is -0.493 e. The van der Waals surface area contributed by atoms with Crippen molar-refractivity contribution in [2.75, 3.05) is 29.9 Å². The quantitative estimate of drug-likeness (QED) is 0.750. The third-order valence-electron chi connectivity index (χ3n) is 4.66. The first-order chi connectivity index (χ1) is 13.3. The molecule has 4 nitrogen and oxygen atoms in total. The number of alkyl halides is 3. The van der Waals surface area contributed by atoms with Crippen LogP contribution < -0.4 is 15.0 Å². The number of carbonyl (C=O) groups excluding carboxylic acids is 1. The summed E-state index contributed by atoms with van der Waals surface area (Å²) < 4.78 is 44.8. The molecule has 0 radical (unpaired) electrons. The van der Waals surface area contributed by atoms with Crippen molar-refractivity contribution in [2.24, 2.45) is 0 Å². The molecular formula is C21H23F3N2O2. The number of hydrogen-bond acceptors (Lipinski definition) is 3. The Bertz CT molecular complexity index is 813. The molecule has 2 aromatic carbocycles. The highest BCUT2D eigenvalue weighted by Gasteiger charge is 2.32. The molecule has 1 fully saturated rings. The predicted octanol–water partition coefficient (Wildman–Crippen LogP) is 5.02. The van der Waals surface area contributed by atoms with Gasteiger partial charge in [-0.1, -0.05) is 17.7 Å². The second kappa shape index (κ2) is 8.54. The molecule has 0 atom stereocenters. The number of hydrogen-bond donors (Lipinski definition) is 1. The van der Waals surface area contributed by atoms with Crippen LogP contribution in [0.4, 0.5) is 24.5 Å². The molecular weight excluding hydrogens is 369 g/mol. The van der Waals surface area contributed by atoms with E-state index in [-0.39, 0.29) is 24.6 Å². The van der Waals surface area contributed by atoms with E-state index in [0.717, 1.165) is 43.6 Å². The first-order valence-corrected chi connectivity index (χ1v) is 9.28. The van der Waals surface area contributed by atoms with Gasteiger partial charge in [-0.05, 0) is 50.1 Å². The van der Waals surface area contributed by atoms with Gasteiger partial charge in [-0.15, -0.1) is 0 Å². The number of nitrogens with zero attached hydrogens (tertiary/aromatic N) is 1. The molecule has 0 spiro atoms. The number of carbonyl (C=O) groups is 1. The van der Waals surface area contributed by atoms with Crippen LogP contribution in [0.5, 0.6) is 5.75 Å². The molecule has 0 saturated carbocycles. The van der Waals surface area contributed by atoms with Gasteiger partial charge in [-0.25, -0.2) is 0 Å². The summed E-state index contributed by atoms with van der Waals surface area (Å²) in [4.78, 5) is 14.3. The van der Waals surface area contributed by atoms with Crippen molar-refractivity contribution >= 4 is 17.3 Å². The van der Waals surface area contributed by atoms with E-state index < -0.39 is 11.7 Å². The lowest BCUT2D eigenvalue weighted by molar-refractivity contribution is -0.137. The van der Waals surface area contributed by atoms with Crippen molar-refractivity contribution in [1.82, 2.24) is 0 Å². The fourth-order valence-corrected chi connectivity index (χ4v) is 3.16. The molecule has 0 bridgehead atoms. The average molecular weight is 392 g/mol. The molecule has 0 aromatic heterocycles. The summed E-state index contributed by atoms with van der Waals surface area (Å²) in [6.45, 7) is 3.65. The number of rotatable bonds is 6. The molecule has 1 heterocycles. The smallest absolute Gasteiger partial charge is 0.416 e. The molecule has 1 aliphatic heterocycles. The predicted molar refractivity (Wildman–Crippen MR) is 103 cm³/mol. The normalized spacial score (nSPS) is 14.2. The highest BCUT2D eigenvalue weighted by Crippen LogP contribution is 2.36. The Morgan fingerprint density at radius 3 is 2.43 bits per heavy atom. The van der Waals surface area contributed by atoms with Crippen molar-refractivity contribution < 1.29 is 22.7 Å². The van der Waals surface area contributed by atoms with Crippen LogP contribution in [0.2, 0.25) is 0 Å². The topological polar surface area (TPSA) is 41.6 Å². The fourth-order valence-electron chi connectivity index (χ4n) is 3.16. The Morgan fingerprint density at radius 2 is 1.79 bits per heavy atom. The number of halogens is 3. The zero-order valence-corrected chi connectivity index (χ0v) is 15.7. The van der Waals surface area contributed by atoms with Gasteiger partial charge in [0.2, 0.25) is 5.91 Å². The van der Waals surface area contributed by atoms with Crippen LogP contribution in [-0.4, -0.2) is 25.6 Å². The van der Waals surface area contributed by atoms with Crippen LogP contribution in [0, 0.1) is 6.92 Å². The van der Waals surface area contributed by atoms with Gasteiger partial charge in [-0.3, -0.25) is 4.79 Å². The molecule has 1 amide bonds. The number of anilines is 2. The molecule has 7 heteroatoms. The summed E-state index contributed by atoms with van der Waals surface area (Å²) in [5.41, 5.74) is 1.14. The van der Waals surface area contributed by atoms with E-state index in [0.29, 0.717) is 11.4 Å². The summed E-state index contributed by atoms with van der Waals surface area (Å²) in [6.07, 6.45) is -2.45. The van der Waals surface area contributed by atoms with E-state index in [1.807, 2.05) is 36.1 Å². The molecule has 150 valence electrons. The van der Waals surface area contributed by atoms with E-state index in [4.69, 9.17) is 4.74 Å². The Hall–Kier alpha value is -2.70. The highest BCUT2D eigenvalue weighted by atomic mass is 19.4. The third-order valence-corrected chi connectivity index (χ3v) is 4.66. The van der Waals surface area contributed by atoms with Gasteiger partial charge >= 0.3 is 6.18 Å². The van der Waals surface area contributed by atoms with Crippen LogP contribution in [0.3, 0.4) is 0 Å². The SMILES string of the molecule is Cc1ccc(OCCC(=O)Nc2cc(C(F)(F)F)ccc2N2CCCC2)cc1. The second-order valence-electron chi connectivity index (χ2n) is 6.88. The molecule has 2 aromatic rings. The molecule has 3 rings (SSSR count). The lowest BCUT2D eigenvalue weighted by atomic mass is 10.1. The van der Waals surface area contributed by atoms with E-state index >= 15 is 0 Å². The van der Waals surface area contributed by atoms with Gasteiger partial charge in [0.25, 0.3) is 0 Å². The van der Waals surface area contributed by atoms with E-state index in [9.17, 15) is 18.0 Å². The van der Waals surface area contributed by atoms with Gasteiger partial charge in [0.1, 0.15) is 5.75 Å². The molecule has 1 saturated heterocycles. The first kappa shape index (κ1) is 20.0. The van der Waals surface area contributed by atoms with Gasteiger partial charge in [0.05, 0.1) is 30.0 Å². The number of ether oxygens (including phenoxy) is 1. The van der Waals surface area contributed by atoms with Crippen molar-refractivity contribution in [3.63, 3.8) is 0 Å². The van der Waals surface area contributed by atoms with Gasteiger partial charge in [0.15, 0.2) is 0 Å². The maximum Gasteiger partial charge on any atom is 0.416 e. The Labute approximate surface area is 162 Å². The second-order valence-corrected chi connectivity index (χ2v) is 6.88. The third kappa shape index (κ3) is 5.18. The summed E-state index contributed by atoms with van der Waals surface area (Å²) >= 11 is 0. The van der Waals surface area contributed by atoms with Crippen molar-refractivity contribution in [1.29, 1.82) is 0 Å². The monoisotopic (exact) mass is 392 g/mol. The number of benzene rings is 2. The van der Waals surface area contributed by atoms with Crippen LogP contribution in [-0.2, 0) is 11.0 Å². The van der Waals surface area contributed by atoms with Crippen LogP contribution in [0.15, 0.2) is 42.5 Å².